The first-order valence-corrected chi connectivity index (χ1v) is 10.3. The Bertz CT molecular complexity index is 1270. The average molecular weight is 492 g/mol. The van der Waals surface area contributed by atoms with Crippen LogP contribution in [-0.2, 0) is 4.79 Å². The maximum absolute atomic E-state index is 14.6. The van der Waals surface area contributed by atoms with Crippen LogP contribution >= 0.6 is 0 Å². The van der Waals surface area contributed by atoms with Gasteiger partial charge in [-0.25, -0.2) is 4.39 Å². The molecule has 3 aromatic rings. The third-order valence-corrected chi connectivity index (χ3v) is 4.91. The summed E-state index contributed by atoms with van der Waals surface area (Å²) < 4.78 is 55.9. The molecule has 0 aliphatic heterocycles. The molecule has 2 amide bonds. The molecule has 0 saturated carbocycles. The predicted molar refractivity (Wildman–Crippen MR) is 117 cm³/mol. The Morgan fingerprint density at radius 2 is 1.94 bits per heavy atom. The third-order valence-electron chi connectivity index (χ3n) is 4.91. The van der Waals surface area contributed by atoms with Gasteiger partial charge in [-0.05, 0) is 42.8 Å². The molecule has 3 rings (SSSR count). The molecule has 35 heavy (non-hydrogen) atoms. The van der Waals surface area contributed by atoms with E-state index in [9.17, 15) is 31.9 Å². The number of alkyl halides is 3. The normalized spacial score (nSPS) is 12.1. The highest BCUT2D eigenvalue weighted by atomic mass is 19.4. The minimum Gasteiger partial charge on any atom is -0.403 e. The van der Waals surface area contributed by atoms with Gasteiger partial charge < -0.3 is 19.9 Å². The van der Waals surface area contributed by atoms with E-state index in [1.165, 1.54) is 30.3 Å². The first kappa shape index (κ1) is 25.4. The molecule has 1 aromatic carbocycles. The number of nitrogens with zero attached hydrogens (tertiary/aromatic N) is 2. The van der Waals surface area contributed by atoms with Crippen molar-refractivity contribution < 1.29 is 31.9 Å². The van der Waals surface area contributed by atoms with Crippen LogP contribution < -0.4 is 20.5 Å². The lowest BCUT2D eigenvalue weighted by Crippen LogP contribution is -2.34. The van der Waals surface area contributed by atoms with Crippen molar-refractivity contribution in [3.63, 3.8) is 0 Å². The molecule has 0 spiro atoms. The molecular formula is C23H20F4N4O4. The van der Waals surface area contributed by atoms with Crippen molar-refractivity contribution in [1.82, 2.24) is 15.3 Å². The summed E-state index contributed by atoms with van der Waals surface area (Å²) in [5.74, 6) is -3.39. The van der Waals surface area contributed by atoms with Gasteiger partial charge in [0.25, 0.3) is 5.91 Å². The van der Waals surface area contributed by atoms with Crippen LogP contribution in [0, 0.1) is 5.82 Å². The van der Waals surface area contributed by atoms with E-state index in [1.807, 2.05) is 0 Å². The van der Waals surface area contributed by atoms with Crippen molar-refractivity contribution in [2.75, 3.05) is 11.4 Å². The fourth-order valence-electron chi connectivity index (χ4n) is 3.40. The predicted octanol–water partition coefficient (Wildman–Crippen LogP) is 3.70. The number of H-pyrrole nitrogens is 1. The molecule has 0 saturated heterocycles. The van der Waals surface area contributed by atoms with E-state index in [0.29, 0.717) is 5.69 Å². The fourth-order valence-corrected chi connectivity index (χ4v) is 3.40. The van der Waals surface area contributed by atoms with Crippen LogP contribution in [0.5, 0.6) is 5.75 Å². The van der Waals surface area contributed by atoms with Gasteiger partial charge >= 0.3 is 6.36 Å². The average Bonchev–Trinajstić information content (AvgIpc) is 2.79. The summed E-state index contributed by atoms with van der Waals surface area (Å²) in [6.45, 7) is 3.30. The van der Waals surface area contributed by atoms with E-state index in [0.717, 1.165) is 24.3 Å². The van der Waals surface area contributed by atoms with E-state index >= 15 is 0 Å². The summed E-state index contributed by atoms with van der Waals surface area (Å²) in [5, 5.41) is 2.65. The number of pyridine rings is 2. The van der Waals surface area contributed by atoms with Crippen LogP contribution in [0.4, 0.5) is 23.2 Å². The number of halogens is 4. The lowest BCUT2D eigenvalue weighted by molar-refractivity contribution is -0.275. The quantitative estimate of drug-likeness (QED) is 0.490. The van der Waals surface area contributed by atoms with Gasteiger partial charge in [0.2, 0.25) is 11.5 Å². The van der Waals surface area contributed by atoms with E-state index in [-0.39, 0.29) is 29.3 Å². The number of carbonyl (C=O) groups is 2. The molecule has 1 unspecified atom stereocenters. The molecular weight excluding hydrogens is 472 g/mol. The molecule has 12 heteroatoms. The van der Waals surface area contributed by atoms with Crippen molar-refractivity contribution in [3.8, 4) is 5.75 Å². The van der Waals surface area contributed by atoms with Crippen LogP contribution in [0.2, 0.25) is 0 Å². The minimum atomic E-state index is -5.10. The van der Waals surface area contributed by atoms with Crippen LogP contribution in [0.1, 0.15) is 41.5 Å². The summed E-state index contributed by atoms with van der Waals surface area (Å²) in [4.78, 5) is 44.5. The maximum Gasteiger partial charge on any atom is 0.573 e. The van der Waals surface area contributed by atoms with E-state index in [1.54, 1.807) is 19.1 Å². The highest BCUT2D eigenvalue weighted by molar-refractivity contribution is 5.95. The molecule has 0 fully saturated rings. The molecule has 8 nitrogen and oxygen atoms in total. The highest BCUT2D eigenvalue weighted by Gasteiger charge is 2.33. The van der Waals surface area contributed by atoms with E-state index < -0.39 is 35.4 Å². The van der Waals surface area contributed by atoms with Gasteiger partial charge in [-0.2, -0.15) is 0 Å². The summed E-state index contributed by atoms with van der Waals surface area (Å²) in [7, 11) is 0. The molecule has 0 bridgehead atoms. The Balaban J connectivity index is 2.11. The van der Waals surface area contributed by atoms with Crippen molar-refractivity contribution >= 4 is 17.5 Å². The van der Waals surface area contributed by atoms with E-state index in [4.69, 9.17) is 0 Å². The zero-order valence-electron chi connectivity index (χ0n) is 18.5. The van der Waals surface area contributed by atoms with Gasteiger partial charge in [-0.15, -0.1) is 13.2 Å². The van der Waals surface area contributed by atoms with E-state index in [2.05, 4.69) is 20.0 Å². The molecule has 2 heterocycles. The monoisotopic (exact) mass is 492 g/mol. The smallest absolute Gasteiger partial charge is 0.403 e. The number of ether oxygens (including phenoxy) is 1. The van der Waals surface area contributed by atoms with Gasteiger partial charge in [0.05, 0.1) is 23.0 Å². The number of carbonyl (C=O) groups excluding carboxylic acids is 2. The minimum absolute atomic E-state index is 0.0364. The second kappa shape index (κ2) is 10.4. The number of hydrogen-bond donors (Lipinski definition) is 2. The first-order valence-electron chi connectivity index (χ1n) is 10.3. The summed E-state index contributed by atoms with van der Waals surface area (Å²) in [6, 6.07) is 7.05. The van der Waals surface area contributed by atoms with Crippen molar-refractivity contribution in [3.05, 3.63) is 87.9 Å². The Morgan fingerprint density at radius 1 is 1.20 bits per heavy atom. The molecule has 0 aliphatic rings. The Hall–Kier alpha value is -4.22. The lowest BCUT2D eigenvalue weighted by Gasteiger charge is -2.27. The second-order valence-electron chi connectivity index (χ2n) is 7.26. The molecule has 2 aromatic heterocycles. The first-order chi connectivity index (χ1) is 16.5. The van der Waals surface area contributed by atoms with Gasteiger partial charge in [0.1, 0.15) is 0 Å². The number of amides is 2. The molecule has 184 valence electrons. The molecule has 0 aliphatic carbocycles. The van der Waals surface area contributed by atoms with Crippen LogP contribution in [0.3, 0.4) is 0 Å². The maximum atomic E-state index is 14.6. The standard InChI is InChI=1S/C23H20F4N4O4/c1-3-31(13(2)32)17-5-4-10-28-21(17)20(30-22(34)15-7-9-19(33)29-12-15)14-6-8-18(16(24)11-14)35-23(25,26)27/h4-12,20H,3H2,1-2H3,(H,29,33)(H,30,34). The van der Waals surface area contributed by atoms with Gasteiger partial charge in [0, 0.05) is 31.9 Å². The Labute approximate surface area is 196 Å². The topological polar surface area (TPSA) is 104 Å². The number of benzene rings is 1. The number of nitrogens with one attached hydrogen (secondary N) is 2. The van der Waals surface area contributed by atoms with Gasteiger partial charge in [0.15, 0.2) is 11.6 Å². The number of aromatic amines is 1. The van der Waals surface area contributed by atoms with Crippen LogP contribution in [0.25, 0.3) is 0 Å². The Morgan fingerprint density at radius 3 is 2.51 bits per heavy atom. The zero-order chi connectivity index (χ0) is 25.8. The number of anilines is 1. The number of rotatable bonds is 7. The number of hydrogen-bond acceptors (Lipinski definition) is 5. The SMILES string of the molecule is CCN(C(C)=O)c1cccnc1C(NC(=O)c1ccc(=O)[nH]c1)c1ccc(OC(F)(F)F)c(F)c1. The fraction of sp³-hybridized carbons (Fsp3) is 0.217. The highest BCUT2D eigenvalue weighted by Crippen LogP contribution is 2.33. The van der Waals surface area contributed by atoms with Gasteiger partial charge in [-0.3, -0.25) is 19.4 Å². The largest absolute Gasteiger partial charge is 0.573 e. The van der Waals surface area contributed by atoms with Crippen molar-refractivity contribution in [2.45, 2.75) is 26.3 Å². The lowest BCUT2D eigenvalue weighted by atomic mass is 10.00. The number of aromatic nitrogens is 2. The van der Waals surface area contributed by atoms with Crippen molar-refractivity contribution in [2.24, 2.45) is 0 Å². The summed E-state index contributed by atoms with van der Waals surface area (Å²) in [5.41, 5.74) is 0.113. The van der Waals surface area contributed by atoms with Gasteiger partial charge in [-0.1, -0.05) is 6.07 Å². The molecule has 2 N–H and O–H groups in total. The van der Waals surface area contributed by atoms with Crippen LogP contribution in [-0.4, -0.2) is 34.7 Å². The Kier molecular flexibility index (Phi) is 7.52. The second-order valence-corrected chi connectivity index (χ2v) is 7.26. The summed E-state index contributed by atoms with van der Waals surface area (Å²) >= 11 is 0. The summed E-state index contributed by atoms with van der Waals surface area (Å²) in [6.07, 6.45) is -2.54. The van der Waals surface area contributed by atoms with Crippen LogP contribution in [0.15, 0.2) is 59.7 Å². The molecule has 0 radical (unpaired) electrons. The van der Waals surface area contributed by atoms with Crippen molar-refractivity contribution in [1.29, 1.82) is 0 Å². The third kappa shape index (κ3) is 6.22. The zero-order valence-corrected chi connectivity index (χ0v) is 18.5. The molecule has 1 atom stereocenters.